The van der Waals surface area contributed by atoms with Crippen LogP contribution < -0.4 is 10.5 Å². The minimum Gasteiger partial charge on any atom is -0.454 e. The third-order valence-electron chi connectivity index (χ3n) is 3.67. The van der Waals surface area contributed by atoms with E-state index in [2.05, 4.69) is 15.0 Å². The Kier molecular flexibility index (Phi) is 3.05. The lowest BCUT2D eigenvalue weighted by molar-refractivity contribution is 0.492. The maximum atomic E-state index is 6.12. The monoisotopic (exact) mass is 302 g/mol. The van der Waals surface area contributed by atoms with Crippen molar-refractivity contribution in [2.75, 3.05) is 5.73 Å². The number of rotatable bonds is 2. The zero-order valence-electron chi connectivity index (χ0n) is 12.5. The van der Waals surface area contributed by atoms with E-state index in [4.69, 9.17) is 10.5 Å². The van der Waals surface area contributed by atoms with E-state index in [0.717, 1.165) is 27.9 Å². The molecule has 0 fully saturated rings. The zero-order valence-corrected chi connectivity index (χ0v) is 12.5. The van der Waals surface area contributed by atoms with Crippen LogP contribution in [0.5, 0.6) is 11.5 Å². The van der Waals surface area contributed by atoms with Crippen LogP contribution in [0.25, 0.3) is 21.9 Å². The molecule has 0 spiro atoms. The number of nitrogen functional groups attached to an aromatic ring is 1. The molecule has 0 atom stereocenters. The maximum absolute atomic E-state index is 6.12. The topological polar surface area (TPSA) is 73.9 Å². The van der Waals surface area contributed by atoms with Crippen molar-refractivity contribution in [3.8, 4) is 11.5 Å². The number of benzene rings is 2. The van der Waals surface area contributed by atoms with Crippen LogP contribution in [0.3, 0.4) is 0 Å². The van der Waals surface area contributed by atoms with Gasteiger partial charge in [0, 0.05) is 28.7 Å². The smallest absolute Gasteiger partial charge is 0.182 e. The van der Waals surface area contributed by atoms with E-state index < -0.39 is 0 Å². The van der Waals surface area contributed by atoms with Gasteiger partial charge in [0.2, 0.25) is 0 Å². The van der Waals surface area contributed by atoms with E-state index in [-0.39, 0.29) is 0 Å². The molecular weight excluding hydrogens is 288 g/mol. The molecule has 2 aromatic heterocycles. The molecule has 112 valence electrons. The lowest BCUT2D eigenvalue weighted by Crippen LogP contribution is -1.95. The van der Waals surface area contributed by atoms with Crippen molar-refractivity contribution in [3.63, 3.8) is 0 Å². The first kappa shape index (κ1) is 13.5. The van der Waals surface area contributed by atoms with Crippen LogP contribution in [0.4, 0.5) is 5.69 Å². The standard InChI is InChI=1S/C18H14N4O/c1-11-10-21-18-17(22-11)16(8-9-20-18)23-15-7-6-14(19)12-4-2-3-5-13(12)15/h2-10H,19H2,1H3. The molecule has 23 heavy (non-hydrogen) atoms. The minimum absolute atomic E-state index is 0.563. The van der Waals surface area contributed by atoms with Crippen LogP contribution in [0.2, 0.25) is 0 Å². The molecule has 0 aliphatic heterocycles. The van der Waals surface area contributed by atoms with Gasteiger partial charge in [0.25, 0.3) is 0 Å². The van der Waals surface area contributed by atoms with Crippen LogP contribution in [0.1, 0.15) is 5.69 Å². The first-order chi connectivity index (χ1) is 11.2. The van der Waals surface area contributed by atoms with Crippen molar-refractivity contribution in [1.82, 2.24) is 15.0 Å². The minimum atomic E-state index is 0.563. The van der Waals surface area contributed by atoms with Gasteiger partial charge in [-0.25, -0.2) is 15.0 Å². The van der Waals surface area contributed by atoms with E-state index in [1.807, 2.05) is 43.3 Å². The molecule has 0 saturated heterocycles. The molecule has 0 unspecified atom stereocenters. The molecule has 0 radical (unpaired) electrons. The second-order valence-corrected chi connectivity index (χ2v) is 5.29. The maximum Gasteiger partial charge on any atom is 0.182 e. The Morgan fingerprint density at radius 1 is 0.913 bits per heavy atom. The summed E-state index contributed by atoms with van der Waals surface area (Å²) in [6.45, 7) is 1.89. The molecule has 0 aliphatic carbocycles. The van der Waals surface area contributed by atoms with Crippen molar-refractivity contribution in [2.45, 2.75) is 6.92 Å². The highest BCUT2D eigenvalue weighted by atomic mass is 16.5. The zero-order chi connectivity index (χ0) is 15.8. The lowest BCUT2D eigenvalue weighted by atomic mass is 10.1. The number of ether oxygens (including phenoxy) is 1. The molecule has 4 aromatic rings. The molecule has 2 heterocycles. The van der Waals surface area contributed by atoms with E-state index in [1.54, 1.807) is 18.5 Å². The summed E-state index contributed by atoms with van der Waals surface area (Å²) < 4.78 is 6.12. The van der Waals surface area contributed by atoms with E-state index in [0.29, 0.717) is 16.9 Å². The summed E-state index contributed by atoms with van der Waals surface area (Å²) in [4.78, 5) is 13.0. The van der Waals surface area contributed by atoms with Crippen LogP contribution in [0.15, 0.2) is 54.9 Å². The van der Waals surface area contributed by atoms with Gasteiger partial charge in [0.15, 0.2) is 16.9 Å². The Bertz CT molecular complexity index is 1030. The molecule has 4 rings (SSSR count). The average Bonchev–Trinajstić information content (AvgIpc) is 2.58. The third-order valence-corrected chi connectivity index (χ3v) is 3.67. The number of hydrogen-bond acceptors (Lipinski definition) is 5. The molecule has 5 heteroatoms. The lowest BCUT2D eigenvalue weighted by Gasteiger charge is -2.11. The first-order valence-corrected chi connectivity index (χ1v) is 7.26. The number of nitrogens with two attached hydrogens (primary N) is 1. The molecule has 2 N–H and O–H groups in total. The highest BCUT2D eigenvalue weighted by Crippen LogP contribution is 2.34. The second kappa shape index (κ2) is 5.21. The normalized spacial score (nSPS) is 11.0. The van der Waals surface area contributed by atoms with Crippen LogP contribution in [-0.2, 0) is 0 Å². The van der Waals surface area contributed by atoms with Gasteiger partial charge in [-0.15, -0.1) is 0 Å². The van der Waals surface area contributed by atoms with Crippen LogP contribution in [0, 0.1) is 6.92 Å². The fourth-order valence-corrected chi connectivity index (χ4v) is 2.57. The Balaban J connectivity index is 1.89. The van der Waals surface area contributed by atoms with E-state index in [9.17, 15) is 0 Å². The first-order valence-electron chi connectivity index (χ1n) is 7.26. The molecule has 0 bridgehead atoms. The van der Waals surface area contributed by atoms with Gasteiger partial charge < -0.3 is 10.5 Å². The number of fused-ring (bicyclic) bond motifs is 2. The number of nitrogens with zero attached hydrogens (tertiary/aromatic N) is 3. The predicted molar refractivity (Wildman–Crippen MR) is 90.5 cm³/mol. The Labute approximate surface area is 132 Å². The molecule has 5 nitrogen and oxygen atoms in total. The Morgan fingerprint density at radius 2 is 1.74 bits per heavy atom. The summed E-state index contributed by atoms with van der Waals surface area (Å²) in [7, 11) is 0. The van der Waals surface area contributed by atoms with Gasteiger partial charge in [0.05, 0.1) is 11.9 Å². The largest absolute Gasteiger partial charge is 0.454 e. The molecule has 0 saturated carbocycles. The van der Waals surface area contributed by atoms with E-state index >= 15 is 0 Å². The molecular formula is C18H14N4O. The SMILES string of the molecule is Cc1cnc2nccc(Oc3ccc(N)c4ccccc34)c2n1. The average molecular weight is 302 g/mol. The second-order valence-electron chi connectivity index (χ2n) is 5.29. The Morgan fingerprint density at radius 3 is 2.61 bits per heavy atom. The van der Waals surface area contributed by atoms with Gasteiger partial charge in [0.1, 0.15) is 5.75 Å². The fraction of sp³-hybridized carbons (Fsp3) is 0.0556. The third kappa shape index (κ3) is 2.32. The Hall–Kier alpha value is -3.21. The summed E-state index contributed by atoms with van der Waals surface area (Å²) in [6.07, 6.45) is 3.36. The van der Waals surface area contributed by atoms with Crippen LogP contribution in [-0.4, -0.2) is 15.0 Å². The molecule has 0 aliphatic rings. The number of pyridine rings is 1. The van der Waals surface area contributed by atoms with Gasteiger partial charge in [-0.1, -0.05) is 24.3 Å². The predicted octanol–water partition coefficient (Wildman–Crippen LogP) is 3.86. The summed E-state index contributed by atoms with van der Waals surface area (Å²) in [5.41, 5.74) is 8.79. The molecule has 0 amide bonds. The van der Waals surface area contributed by atoms with Crippen LogP contribution >= 0.6 is 0 Å². The van der Waals surface area contributed by atoms with Crippen molar-refractivity contribution in [1.29, 1.82) is 0 Å². The highest BCUT2D eigenvalue weighted by Gasteiger charge is 2.10. The van der Waals surface area contributed by atoms with Crippen molar-refractivity contribution >= 4 is 27.6 Å². The summed E-state index contributed by atoms with van der Waals surface area (Å²) in [5, 5.41) is 1.92. The quantitative estimate of drug-likeness (QED) is 0.569. The summed E-state index contributed by atoms with van der Waals surface area (Å²) in [5.74, 6) is 1.35. The number of aryl methyl sites for hydroxylation is 1. The number of aromatic nitrogens is 3. The van der Waals surface area contributed by atoms with Gasteiger partial charge in [-0.2, -0.15) is 0 Å². The number of hydrogen-bond donors (Lipinski definition) is 1. The van der Waals surface area contributed by atoms with Gasteiger partial charge in [-0.3, -0.25) is 0 Å². The van der Waals surface area contributed by atoms with Crippen molar-refractivity contribution in [3.05, 3.63) is 60.6 Å². The fourth-order valence-electron chi connectivity index (χ4n) is 2.57. The highest BCUT2D eigenvalue weighted by molar-refractivity contribution is 5.97. The summed E-state index contributed by atoms with van der Waals surface area (Å²) >= 11 is 0. The van der Waals surface area contributed by atoms with E-state index in [1.165, 1.54) is 0 Å². The van der Waals surface area contributed by atoms with Crippen molar-refractivity contribution in [2.24, 2.45) is 0 Å². The van der Waals surface area contributed by atoms with Gasteiger partial charge in [-0.05, 0) is 19.1 Å². The molecule has 2 aromatic carbocycles. The summed E-state index contributed by atoms with van der Waals surface area (Å²) in [6, 6.07) is 13.4. The van der Waals surface area contributed by atoms with Crippen molar-refractivity contribution < 1.29 is 4.74 Å². The number of anilines is 1. The van der Waals surface area contributed by atoms with Gasteiger partial charge >= 0.3 is 0 Å².